The fourth-order valence-electron chi connectivity index (χ4n) is 5.69. The number of unbranched alkanes of at least 4 members (excludes halogenated alkanes) is 9. The van der Waals surface area contributed by atoms with Crippen molar-refractivity contribution in [1.82, 2.24) is 15.1 Å². The van der Waals surface area contributed by atoms with E-state index in [1.54, 1.807) is 11.3 Å². The summed E-state index contributed by atoms with van der Waals surface area (Å²) in [5, 5.41) is 3.04. The van der Waals surface area contributed by atoms with Gasteiger partial charge in [-0.2, -0.15) is 0 Å². The standard InChI is InChI=1S/C34H59N3O4S/c1-6-8-10-12-13-15-19-28(18-14-11-9-7-2)41-32(39)21-17-16-20-31(38)37-24-22-29-30(26-37)42-27(3)33(29)34(40)35-23-25-36(4)5/h28H,6-26H2,1-5H3,(H,35,40). The summed E-state index contributed by atoms with van der Waals surface area (Å²) < 4.78 is 5.92. The quantitative estimate of drug-likeness (QED) is 0.110. The number of hydrogen-bond donors (Lipinski definition) is 1. The molecule has 2 rings (SSSR count). The van der Waals surface area contributed by atoms with E-state index in [4.69, 9.17) is 4.74 Å². The maximum atomic E-state index is 13.0. The Morgan fingerprint density at radius 3 is 2.19 bits per heavy atom. The van der Waals surface area contributed by atoms with Crippen LogP contribution in [0.3, 0.4) is 0 Å². The number of nitrogens with one attached hydrogen (secondary N) is 1. The SMILES string of the molecule is CCCCCCCCC(CCCCCC)OC(=O)CCCCC(=O)N1CCc2c(sc(C)c2C(=O)NCCN(C)C)C1. The third-order valence-electron chi connectivity index (χ3n) is 8.24. The van der Waals surface area contributed by atoms with Crippen molar-refractivity contribution in [1.29, 1.82) is 0 Å². The van der Waals surface area contributed by atoms with Gasteiger partial charge < -0.3 is 19.9 Å². The van der Waals surface area contributed by atoms with E-state index in [9.17, 15) is 14.4 Å². The Hall–Kier alpha value is -1.93. The molecule has 0 aromatic carbocycles. The topological polar surface area (TPSA) is 79.0 Å². The number of carbonyl (C=O) groups excluding carboxylic acids is 3. The zero-order chi connectivity index (χ0) is 30.7. The monoisotopic (exact) mass is 605 g/mol. The molecule has 0 saturated heterocycles. The van der Waals surface area contributed by atoms with E-state index in [0.717, 1.165) is 53.1 Å². The summed E-state index contributed by atoms with van der Waals surface area (Å²) in [6.45, 7) is 9.09. The molecule has 1 N–H and O–H groups in total. The maximum Gasteiger partial charge on any atom is 0.306 e. The van der Waals surface area contributed by atoms with E-state index >= 15 is 0 Å². The second-order valence-electron chi connectivity index (χ2n) is 12.3. The third-order valence-corrected chi connectivity index (χ3v) is 9.37. The lowest BCUT2D eigenvalue weighted by atomic mass is 10.0. The van der Waals surface area contributed by atoms with E-state index < -0.39 is 0 Å². The van der Waals surface area contributed by atoms with Crippen molar-refractivity contribution in [2.45, 2.75) is 143 Å². The Bertz CT molecular complexity index is 945. The molecule has 0 bridgehead atoms. The molecular weight excluding hydrogens is 546 g/mol. The lowest BCUT2D eigenvalue weighted by Gasteiger charge is -2.27. The number of nitrogens with zero attached hydrogens (tertiary/aromatic N) is 2. The van der Waals surface area contributed by atoms with Crippen molar-refractivity contribution in [3.63, 3.8) is 0 Å². The van der Waals surface area contributed by atoms with Crippen LogP contribution in [0.15, 0.2) is 0 Å². The van der Waals surface area contributed by atoms with Crippen LogP contribution in [0, 0.1) is 6.92 Å². The molecule has 1 aromatic heterocycles. The molecule has 0 spiro atoms. The molecule has 0 saturated carbocycles. The van der Waals surface area contributed by atoms with Crippen molar-refractivity contribution in [3.8, 4) is 0 Å². The second kappa shape index (κ2) is 20.9. The number of likely N-dealkylation sites (N-methyl/N-ethyl adjacent to an activating group) is 1. The molecule has 1 aliphatic heterocycles. The van der Waals surface area contributed by atoms with Crippen LogP contribution in [0.5, 0.6) is 0 Å². The first kappa shape index (κ1) is 36.3. The highest BCUT2D eigenvalue weighted by molar-refractivity contribution is 7.12. The number of aryl methyl sites for hydroxylation is 1. The highest BCUT2D eigenvalue weighted by Gasteiger charge is 2.28. The summed E-state index contributed by atoms with van der Waals surface area (Å²) in [5.74, 6) is 0.0181. The van der Waals surface area contributed by atoms with E-state index in [1.807, 2.05) is 30.8 Å². The first-order chi connectivity index (χ1) is 20.3. The van der Waals surface area contributed by atoms with E-state index in [0.29, 0.717) is 51.7 Å². The van der Waals surface area contributed by atoms with Crippen LogP contribution in [-0.4, -0.2) is 67.4 Å². The van der Waals surface area contributed by atoms with Crippen LogP contribution < -0.4 is 5.32 Å². The predicted octanol–water partition coefficient (Wildman–Crippen LogP) is 7.43. The molecule has 0 radical (unpaired) electrons. The second-order valence-corrected chi connectivity index (χ2v) is 13.6. The van der Waals surface area contributed by atoms with Crippen molar-refractivity contribution in [3.05, 3.63) is 20.9 Å². The summed E-state index contributed by atoms with van der Waals surface area (Å²) >= 11 is 1.64. The number of esters is 1. The van der Waals surface area contributed by atoms with Crippen LogP contribution in [0.1, 0.15) is 142 Å². The number of ether oxygens (including phenoxy) is 1. The molecule has 240 valence electrons. The Morgan fingerprint density at radius 1 is 0.905 bits per heavy atom. The molecule has 1 unspecified atom stereocenters. The molecule has 1 atom stereocenters. The summed E-state index contributed by atoms with van der Waals surface area (Å²) in [7, 11) is 3.98. The fourth-order valence-corrected chi connectivity index (χ4v) is 6.93. The first-order valence-electron chi connectivity index (χ1n) is 16.8. The predicted molar refractivity (Wildman–Crippen MR) is 174 cm³/mol. The van der Waals surface area contributed by atoms with Gasteiger partial charge in [0, 0.05) is 42.2 Å². The van der Waals surface area contributed by atoms with Crippen LogP contribution in [0.4, 0.5) is 0 Å². The zero-order valence-corrected chi connectivity index (χ0v) is 28.2. The summed E-state index contributed by atoms with van der Waals surface area (Å²) in [5.41, 5.74) is 1.91. The molecule has 2 amide bonds. The van der Waals surface area contributed by atoms with Crippen molar-refractivity contribution < 1.29 is 19.1 Å². The molecule has 7 nitrogen and oxygen atoms in total. The van der Waals surface area contributed by atoms with Gasteiger partial charge in [0.15, 0.2) is 0 Å². The van der Waals surface area contributed by atoms with E-state index in [2.05, 4.69) is 19.2 Å². The average molecular weight is 606 g/mol. The molecule has 1 aromatic rings. The number of carbonyl (C=O) groups is 3. The minimum Gasteiger partial charge on any atom is -0.462 e. The minimum atomic E-state index is -0.109. The van der Waals surface area contributed by atoms with Gasteiger partial charge in [0.1, 0.15) is 6.10 Å². The van der Waals surface area contributed by atoms with Gasteiger partial charge in [0.25, 0.3) is 5.91 Å². The molecular formula is C34H59N3O4S. The lowest BCUT2D eigenvalue weighted by molar-refractivity contribution is -0.150. The van der Waals surface area contributed by atoms with Crippen molar-refractivity contribution in [2.75, 3.05) is 33.7 Å². The summed E-state index contributed by atoms with van der Waals surface area (Å²) in [4.78, 5) is 44.6. The Morgan fingerprint density at radius 2 is 1.52 bits per heavy atom. The van der Waals surface area contributed by atoms with Gasteiger partial charge in [-0.3, -0.25) is 14.4 Å². The Kier molecular flexibility index (Phi) is 18.0. The van der Waals surface area contributed by atoms with Crippen molar-refractivity contribution in [2.24, 2.45) is 0 Å². The molecule has 1 aliphatic rings. The molecule has 42 heavy (non-hydrogen) atoms. The van der Waals surface area contributed by atoms with Gasteiger partial charge in [-0.25, -0.2) is 0 Å². The minimum absolute atomic E-state index is 0.00585. The smallest absolute Gasteiger partial charge is 0.306 e. The van der Waals surface area contributed by atoms with Gasteiger partial charge in [-0.15, -0.1) is 11.3 Å². The fraction of sp³-hybridized carbons (Fsp3) is 0.794. The number of fused-ring (bicyclic) bond motifs is 1. The van der Waals surface area contributed by atoms with Gasteiger partial charge in [-0.1, -0.05) is 65.2 Å². The van der Waals surface area contributed by atoms with Crippen molar-refractivity contribution >= 4 is 29.1 Å². The molecule has 0 aliphatic carbocycles. The molecule has 8 heteroatoms. The zero-order valence-electron chi connectivity index (χ0n) is 27.4. The Balaban J connectivity index is 1.73. The molecule has 2 heterocycles. The van der Waals surface area contributed by atoms with E-state index in [-0.39, 0.29) is 23.9 Å². The number of rotatable bonds is 22. The summed E-state index contributed by atoms with van der Waals surface area (Å²) in [6, 6.07) is 0. The van der Waals surface area contributed by atoms with Gasteiger partial charge in [0.05, 0.1) is 12.1 Å². The lowest BCUT2D eigenvalue weighted by Crippen LogP contribution is -2.36. The van der Waals surface area contributed by atoms with Crippen LogP contribution >= 0.6 is 11.3 Å². The highest BCUT2D eigenvalue weighted by Crippen LogP contribution is 2.33. The maximum absolute atomic E-state index is 13.0. The van der Waals surface area contributed by atoms with E-state index in [1.165, 1.54) is 51.4 Å². The van der Waals surface area contributed by atoms with Gasteiger partial charge in [0.2, 0.25) is 5.91 Å². The average Bonchev–Trinajstić information content (AvgIpc) is 3.29. The Labute approximate surface area is 260 Å². The molecule has 0 fully saturated rings. The highest BCUT2D eigenvalue weighted by atomic mass is 32.1. The van der Waals surface area contributed by atoms with Crippen LogP contribution in [0.25, 0.3) is 0 Å². The van der Waals surface area contributed by atoms with Gasteiger partial charge >= 0.3 is 5.97 Å². The number of thiophene rings is 1. The largest absolute Gasteiger partial charge is 0.462 e. The normalized spacial score (nSPS) is 13.7. The number of amides is 2. The number of hydrogen-bond acceptors (Lipinski definition) is 6. The summed E-state index contributed by atoms with van der Waals surface area (Å²) in [6.07, 6.45) is 17.2. The third kappa shape index (κ3) is 13.6. The first-order valence-corrected chi connectivity index (χ1v) is 17.6. The van der Waals surface area contributed by atoms with Crippen LogP contribution in [0.2, 0.25) is 0 Å². The van der Waals surface area contributed by atoms with Crippen LogP contribution in [-0.2, 0) is 27.3 Å². The van der Waals surface area contributed by atoms with Gasteiger partial charge in [-0.05, 0) is 71.5 Å².